The maximum absolute atomic E-state index is 12.0. The number of rotatable bonds is 6. The van der Waals surface area contributed by atoms with Gasteiger partial charge in [-0.3, -0.25) is 4.79 Å². The summed E-state index contributed by atoms with van der Waals surface area (Å²) < 4.78 is 19.3. The molecule has 0 radical (unpaired) electrons. The maximum Gasteiger partial charge on any atom is 0.331 e. The minimum Gasteiger partial charge on any atom is -0.496 e. The molecule has 0 spiro atoms. The average molecular weight is 448 g/mol. The highest BCUT2D eigenvalue weighted by atomic mass is 79.9. The zero-order chi connectivity index (χ0) is 19.2. The van der Waals surface area contributed by atoms with E-state index in [1.165, 1.54) is 6.08 Å². The number of hydrogen-bond donors (Lipinski definition) is 1. The molecule has 9 heteroatoms. The first kappa shape index (κ1) is 19.0. The molecule has 1 heterocycles. The number of nitrogens with zero attached hydrogens (tertiary/aromatic N) is 2. The van der Waals surface area contributed by atoms with Crippen molar-refractivity contribution >= 4 is 62.3 Å². The molecule has 0 saturated carbocycles. The van der Waals surface area contributed by atoms with E-state index in [1.807, 2.05) is 6.07 Å². The van der Waals surface area contributed by atoms with Crippen molar-refractivity contribution in [3.63, 3.8) is 0 Å². The molecule has 1 N–H and O–H groups in total. The lowest BCUT2D eigenvalue weighted by Gasteiger charge is -2.06. The minimum atomic E-state index is -0.638. The lowest BCUT2D eigenvalue weighted by atomic mass is 10.2. The Balaban J connectivity index is 1.57. The van der Waals surface area contributed by atoms with Gasteiger partial charge < -0.3 is 14.8 Å². The smallest absolute Gasteiger partial charge is 0.331 e. The van der Waals surface area contributed by atoms with Gasteiger partial charge in [0.25, 0.3) is 5.91 Å². The van der Waals surface area contributed by atoms with Crippen molar-refractivity contribution in [3.05, 3.63) is 52.5 Å². The fourth-order valence-corrected chi connectivity index (χ4v) is 3.20. The van der Waals surface area contributed by atoms with Crippen molar-refractivity contribution in [2.45, 2.75) is 0 Å². The molecule has 3 rings (SSSR count). The Hall–Kier alpha value is -2.78. The summed E-state index contributed by atoms with van der Waals surface area (Å²) >= 11 is 4.42. The van der Waals surface area contributed by atoms with E-state index in [0.29, 0.717) is 28.0 Å². The van der Waals surface area contributed by atoms with Crippen LogP contribution in [0.5, 0.6) is 5.75 Å². The topological polar surface area (TPSA) is 90.4 Å². The summed E-state index contributed by atoms with van der Waals surface area (Å²) in [6.07, 6.45) is 2.80. The second kappa shape index (κ2) is 8.74. The molecule has 27 heavy (non-hydrogen) atoms. The molecule has 0 aliphatic rings. The van der Waals surface area contributed by atoms with Crippen LogP contribution >= 0.6 is 27.7 Å². The Kier molecular flexibility index (Phi) is 6.15. The number of carbonyl (C=O) groups is 2. The second-order valence-corrected chi connectivity index (χ2v) is 6.76. The zero-order valence-corrected chi connectivity index (χ0v) is 16.5. The fourth-order valence-electron chi connectivity index (χ4n) is 2.27. The molecule has 0 aliphatic carbocycles. The Labute approximate surface area is 167 Å². The SMILES string of the molecule is COc1ccc(Br)cc1/C=C/C(=O)OCC(=O)Nc1cccc2nsnc12. The Bertz CT molecular complexity index is 1020. The van der Waals surface area contributed by atoms with Gasteiger partial charge >= 0.3 is 5.97 Å². The summed E-state index contributed by atoms with van der Waals surface area (Å²) in [5.74, 6) is -0.483. The molecule has 0 atom stereocenters. The first-order valence-corrected chi connectivity index (χ1v) is 9.28. The van der Waals surface area contributed by atoms with Crippen LogP contribution < -0.4 is 10.1 Å². The highest BCUT2D eigenvalue weighted by Gasteiger charge is 2.10. The van der Waals surface area contributed by atoms with E-state index in [2.05, 4.69) is 30.0 Å². The number of benzene rings is 2. The number of halogens is 1. The third kappa shape index (κ3) is 4.89. The molecule has 1 aromatic heterocycles. The number of anilines is 1. The van der Waals surface area contributed by atoms with Gasteiger partial charge in [0, 0.05) is 16.1 Å². The van der Waals surface area contributed by atoms with Gasteiger partial charge in [0.2, 0.25) is 0 Å². The molecule has 3 aromatic rings. The van der Waals surface area contributed by atoms with Gasteiger partial charge in [0.05, 0.1) is 24.5 Å². The van der Waals surface area contributed by atoms with Crippen molar-refractivity contribution in [1.29, 1.82) is 0 Å². The predicted molar refractivity (Wildman–Crippen MR) is 107 cm³/mol. The van der Waals surface area contributed by atoms with Crippen LogP contribution in [0.3, 0.4) is 0 Å². The van der Waals surface area contributed by atoms with Crippen molar-refractivity contribution in [1.82, 2.24) is 8.75 Å². The van der Waals surface area contributed by atoms with Crippen molar-refractivity contribution in [2.75, 3.05) is 19.0 Å². The molecule has 7 nitrogen and oxygen atoms in total. The number of hydrogen-bond acceptors (Lipinski definition) is 7. The molecule has 0 unspecified atom stereocenters. The monoisotopic (exact) mass is 447 g/mol. The van der Waals surface area contributed by atoms with E-state index in [0.717, 1.165) is 16.2 Å². The van der Waals surface area contributed by atoms with Crippen molar-refractivity contribution in [3.8, 4) is 5.75 Å². The molecule has 0 bridgehead atoms. The van der Waals surface area contributed by atoms with Crippen LogP contribution in [0.1, 0.15) is 5.56 Å². The van der Waals surface area contributed by atoms with Crippen LogP contribution in [-0.2, 0) is 14.3 Å². The highest BCUT2D eigenvalue weighted by Crippen LogP contribution is 2.24. The molecule has 0 aliphatic heterocycles. The molecular weight excluding hydrogens is 434 g/mol. The van der Waals surface area contributed by atoms with Crippen LogP contribution in [0, 0.1) is 0 Å². The molecule has 0 fully saturated rings. The molecule has 0 saturated heterocycles. The first-order chi connectivity index (χ1) is 13.1. The van der Waals surface area contributed by atoms with Crippen molar-refractivity contribution in [2.24, 2.45) is 0 Å². The predicted octanol–water partition coefficient (Wildman–Crippen LogP) is 3.66. The van der Waals surface area contributed by atoms with E-state index in [4.69, 9.17) is 9.47 Å². The second-order valence-electron chi connectivity index (χ2n) is 5.31. The van der Waals surface area contributed by atoms with Gasteiger partial charge in [0.15, 0.2) is 6.61 Å². The van der Waals surface area contributed by atoms with Gasteiger partial charge in [0.1, 0.15) is 16.8 Å². The third-order valence-corrected chi connectivity index (χ3v) is 4.53. The summed E-state index contributed by atoms with van der Waals surface area (Å²) in [5, 5.41) is 2.66. The highest BCUT2D eigenvalue weighted by molar-refractivity contribution is 9.10. The quantitative estimate of drug-likeness (QED) is 0.457. The minimum absolute atomic E-state index is 0.410. The van der Waals surface area contributed by atoms with Crippen LogP contribution in [0.2, 0.25) is 0 Å². The molecule has 2 aromatic carbocycles. The van der Waals surface area contributed by atoms with Crippen LogP contribution in [0.15, 0.2) is 46.9 Å². The molecular formula is C18H14BrN3O4S. The molecule has 1 amide bonds. The first-order valence-electron chi connectivity index (χ1n) is 7.76. The number of carbonyl (C=O) groups excluding carboxylic acids is 2. The van der Waals surface area contributed by atoms with E-state index in [-0.39, 0.29) is 0 Å². The maximum atomic E-state index is 12.0. The summed E-state index contributed by atoms with van der Waals surface area (Å²) in [7, 11) is 1.54. The average Bonchev–Trinajstić information content (AvgIpc) is 3.15. The third-order valence-electron chi connectivity index (χ3n) is 3.50. The van der Waals surface area contributed by atoms with Crippen LogP contribution in [-0.4, -0.2) is 34.3 Å². The van der Waals surface area contributed by atoms with Gasteiger partial charge in [-0.1, -0.05) is 22.0 Å². The number of amides is 1. The zero-order valence-electron chi connectivity index (χ0n) is 14.1. The summed E-state index contributed by atoms with van der Waals surface area (Å²) in [4.78, 5) is 23.9. The standard InChI is InChI=1S/C18H14BrN3O4S/c1-25-15-7-6-12(19)9-11(15)5-8-17(24)26-10-16(23)20-13-3-2-4-14-18(13)22-27-21-14/h2-9H,10H2,1H3,(H,20,23)/b8-5+. The number of fused-ring (bicyclic) bond motifs is 1. The van der Waals surface area contributed by atoms with E-state index in [1.54, 1.807) is 43.5 Å². The van der Waals surface area contributed by atoms with Gasteiger partial charge in [-0.25, -0.2) is 4.79 Å². The lowest BCUT2D eigenvalue weighted by Crippen LogP contribution is -2.20. The molecule has 138 valence electrons. The largest absolute Gasteiger partial charge is 0.496 e. The number of nitrogens with one attached hydrogen (secondary N) is 1. The summed E-state index contributed by atoms with van der Waals surface area (Å²) in [6.45, 7) is -0.410. The van der Waals surface area contributed by atoms with Gasteiger partial charge in [-0.15, -0.1) is 0 Å². The normalized spacial score (nSPS) is 10.9. The fraction of sp³-hybridized carbons (Fsp3) is 0.111. The number of methoxy groups -OCH3 is 1. The number of esters is 1. The van der Waals surface area contributed by atoms with Crippen molar-refractivity contribution < 1.29 is 19.1 Å². The summed E-state index contributed by atoms with van der Waals surface area (Å²) in [5.41, 5.74) is 2.53. The Morgan fingerprint density at radius 2 is 2.11 bits per heavy atom. The summed E-state index contributed by atoms with van der Waals surface area (Å²) in [6, 6.07) is 10.7. The van der Waals surface area contributed by atoms with E-state index in [9.17, 15) is 9.59 Å². The Morgan fingerprint density at radius 1 is 1.26 bits per heavy atom. The number of ether oxygens (including phenoxy) is 2. The number of aromatic nitrogens is 2. The van der Waals surface area contributed by atoms with Gasteiger partial charge in [-0.05, 0) is 36.4 Å². The van der Waals surface area contributed by atoms with Crippen LogP contribution in [0.25, 0.3) is 17.1 Å². The van der Waals surface area contributed by atoms with E-state index >= 15 is 0 Å². The van der Waals surface area contributed by atoms with E-state index < -0.39 is 18.5 Å². The van der Waals surface area contributed by atoms with Crippen LogP contribution in [0.4, 0.5) is 5.69 Å². The Morgan fingerprint density at radius 3 is 2.93 bits per heavy atom. The van der Waals surface area contributed by atoms with Gasteiger partial charge in [-0.2, -0.15) is 8.75 Å². The lowest BCUT2D eigenvalue weighted by molar-refractivity contribution is -0.142.